The number of hydrogen-bond acceptors (Lipinski definition) is 3. The normalized spacial score (nSPS) is 30.2. The van der Waals surface area contributed by atoms with Gasteiger partial charge in [0, 0.05) is 31.7 Å². The zero-order valence-corrected chi connectivity index (χ0v) is 7.68. The molecule has 1 unspecified atom stereocenters. The second-order valence-electron chi connectivity index (χ2n) is 3.02. The highest BCUT2D eigenvalue weighted by atomic mass is 35.5. The van der Waals surface area contributed by atoms with E-state index in [0.29, 0.717) is 32.7 Å². The summed E-state index contributed by atoms with van der Waals surface area (Å²) >= 11 is 5.32. The van der Waals surface area contributed by atoms with E-state index in [1.165, 1.54) is 5.54 Å². The van der Waals surface area contributed by atoms with Gasteiger partial charge in [0.15, 0.2) is 0 Å². The topological polar surface area (TPSA) is 41.5 Å². The minimum absolute atomic E-state index is 0.435. The summed E-state index contributed by atoms with van der Waals surface area (Å²) in [5, 5.41) is 12.8. The molecule has 0 amide bonds. The van der Waals surface area contributed by atoms with Gasteiger partial charge in [-0.15, -0.1) is 0 Å². The summed E-state index contributed by atoms with van der Waals surface area (Å²) in [6.07, 6.45) is 2.51. The van der Waals surface area contributed by atoms with Crippen LogP contribution in [-0.2, 0) is 4.74 Å². The molecule has 1 fully saturated rings. The van der Waals surface area contributed by atoms with Gasteiger partial charge in [0.2, 0.25) is 0 Å². The lowest BCUT2D eigenvalue weighted by Crippen LogP contribution is -2.41. The monoisotopic (exact) mass is 191 g/mol. The first-order valence-electron chi connectivity index (χ1n) is 4.03. The Kier molecular flexibility index (Phi) is 4.01. The zero-order chi connectivity index (χ0) is 8.86. The van der Waals surface area contributed by atoms with Crippen molar-refractivity contribution < 1.29 is 9.84 Å². The molecule has 0 aromatic heterocycles. The van der Waals surface area contributed by atoms with Gasteiger partial charge < -0.3 is 15.2 Å². The number of halogens is 1. The fraction of sp³-hybridized carbons (Fsp3) is 0.750. The predicted molar refractivity (Wildman–Crippen MR) is 48.2 cm³/mol. The van der Waals surface area contributed by atoms with E-state index in [1.54, 1.807) is 6.08 Å². The zero-order valence-electron chi connectivity index (χ0n) is 6.92. The molecular formula is C8H14ClNO2. The van der Waals surface area contributed by atoms with Gasteiger partial charge in [-0.05, 0) is 0 Å². The van der Waals surface area contributed by atoms with E-state index in [-0.39, 0.29) is 0 Å². The number of nitrogens with one attached hydrogen (secondary N) is 1. The van der Waals surface area contributed by atoms with Gasteiger partial charge in [0.05, 0.1) is 6.61 Å². The second kappa shape index (κ2) is 4.82. The van der Waals surface area contributed by atoms with Crippen LogP contribution in [0.4, 0.5) is 0 Å². The molecule has 0 saturated carbocycles. The molecule has 0 radical (unpaired) electrons. The first kappa shape index (κ1) is 9.99. The average molecular weight is 192 g/mol. The predicted octanol–water partition coefficient (Wildman–Crippen LogP) is 0.480. The summed E-state index contributed by atoms with van der Waals surface area (Å²) in [5.41, 5.74) is 0.794. The van der Waals surface area contributed by atoms with E-state index in [1.807, 2.05) is 0 Å². The van der Waals surface area contributed by atoms with E-state index < -0.39 is 5.60 Å². The van der Waals surface area contributed by atoms with E-state index in [9.17, 15) is 5.11 Å². The third-order valence-electron chi connectivity index (χ3n) is 1.89. The van der Waals surface area contributed by atoms with Crippen LogP contribution in [0.5, 0.6) is 0 Å². The highest BCUT2D eigenvalue weighted by Gasteiger charge is 2.31. The lowest BCUT2D eigenvalue weighted by molar-refractivity contribution is 0.0279. The first-order chi connectivity index (χ1) is 5.77. The molecule has 1 aliphatic heterocycles. The fourth-order valence-corrected chi connectivity index (χ4v) is 1.26. The van der Waals surface area contributed by atoms with E-state index in [2.05, 4.69) is 5.32 Å². The third kappa shape index (κ3) is 3.11. The molecule has 1 rings (SSSR count). The van der Waals surface area contributed by atoms with Crippen molar-refractivity contribution in [3.05, 3.63) is 11.6 Å². The fourth-order valence-electron chi connectivity index (χ4n) is 1.17. The Morgan fingerprint density at radius 1 is 1.67 bits per heavy atom. The first-order valence-corrected chi connectivity index (χ1v) is 4.46. The standard InChI is InChI=1S/C8H14ClNO2/c9-3-1-4-10-6-8(11)2-5-12-7-8/h1,3,10-11H,2,4-7H2/b3-1+. The molecule has 3 nitrogen and oxygen atoms in total. The lowest BCUT2D eigenvalue weighted by Gasteiger charge is -2.19. The van der Waals surface area contributed by atoms with Crippen molar-refractivity contribution in [1.29, 1.82) is 0 Å². The van der Waals surface area contributed by atoms with Gasteiger partial charge >= 0.3 is 0 Å². The molecule has 1 aliphatic rings. The maximum Gasteiger partial charge on any atom is 0.102 e. The van der Waals surface area contributed by atoms with Crippen LogP contribution in [0.25, 0.3) is 0 Å². The molecule has 0 bridgehead atoms. The molecule has 2 N–H and O–H groups in total. The van der Waals surface area contributed by atoms with E-state index in [0.717, 1.165) is 0 Å². The average Bonchev–Trinajstić information content (AvgIpc) is 2.47. The van der Waals surface area contributed by atoms with Crippen molar-refractivity contribution in [1.82, 2.24) is 5.32 Å². The molecule has 0 aliphatic carbocycles. The van der Waals surface area contributed by atoms with Gasteiger partial charge in [0.1, 0.15) is 5.60 Å². The largest absolute Gasteiger partial charge is 0.386 e. The van der Waals surface area contributed by atoms with Crippen molar-refractivity contribution in [2.24, 2.45) is 0 Å². The SMILES string of the molecule is OC1(CNC/C=C/Cl)CCOC1. The molecular weight excluding hydrogens is 178 g/mol. The molecule has 70 valence electrons. The van der Waals surface area contributed by atoms with Crippen LogP contribution >= 0.6 is 11.6 Å². The van der Waals surface area contributed by atoms with Gasteiger partial charge in [-0.1, -0.05) is 17.7 Å². The Hall–Kier alpha value is -0.0900. The van der Waals surface area contributed by atoms with Crippen molar-refractivity contribution in [2.45, 2.75) is 12.0 Å². The minimum atomic E-state index is -0.667. The van der Waals surface area contributed by atoms with Crippen molar-refractivity contribution in [3.63, 3.8) is 0 Å². The Morgan fingerprint density at radius 2 is 2.50 bits per heavy atom. The molecule has 0 spiro atoms. The van der Waals surface area contributed by atoms with Crippen LogP contribution in [0.2, 0.25) is 0 Å². The molecule has 0 aromatic rings. The number of ether oxygens (including phenoxy) is 1. The molecule has 1 atom stereocenters. The Bertz CT molecular complexity index is 155. The summed E-state index contributed by atoms with van der Waals surface area (Å²) in [4.78, 5) is 0. The Balaban J connectivity index is 2.12. The Labute approximate surface area is 77.4 Å². The molecule has 1 saturated heterocycles. The number of aliphatic hydroxyl groups is 1. The second-order valence-corrected chi connectivity index (χ2v) is 3.27. The molecule has 4 heteroatoms. The van der Waals surface area contributed by atoms with Gasteiger partial charge in [-0.2, -0.15) is 0 Å². The molecule has 0 aromatic carbocycles. The highest BCUT2D eigenvalue weighted by molar-refractivity contribution is 6.25. The van der Waals surface area contributed by atoms with Crippen molar-refractivity contribution >= 4 is 11.6 Å². The van der Waals surface area contributed by atoms with Gasteiger partial charge in [-0.3, -0.25) is 0 Å². The van der Waals surface area contributed by atoms with Crippen LogP contribution in [0.1, 0.15) is 6.42 Å². The Morgan fingerprint density at radius 3 is 3.08 bits per heavy atom. The van der Waals surface area contributed by atoms with Gasteiger partial charge in [-0.25, -0.2) is 0 Å². The number of hydrogen-bond donors (Lipinski definition) is 2. The maximum atomic E-state index is 9.75. The van der Waals surface area contributed by atoms with Crippen LogP contribution in [0, 0.1) is 0 Å². The minimum Gasteiger partial charge on any atom is -0.386 e. The van der Waals surface area contributed by atoms with Crippen LogP contribution < -0.4 is 5.32 Å². The summed E-state index contributed by atoms with van der Waals surface area (Å²) in [5.74, 6) is 0. The molecule has 1 heterocycles. The van der Waals surface area contributed by atoms with Gasteiger partial charge in [0.25, 0.3) is 0 Å². The number of rotatable bonds is 4. The quantitative estimate of drug-likeness (QED) is 0.636. The highest BCUT2D eigenvalue weighted by Crippen LogP contribution is 2.16. The molecule has 12 heavy (non-hydrogen) atoms. The summed E-state index contributed by atoms with van der Waals surface area (Å²) < 4.78 is 5.08. The van der Waals surface area contributed by atoms with Crippen LogP contribution in [0.15, 0.2) is 11.6 Å². The summed E-state index contributed by atoms with van der Waals surface area (Å²) in [7, 11) is 0. The third-order valence-corrected chi connectivity index (χ3v) is 2.07. The summed E-state index contributed by atoms with van der Waals surface area (Å²) in [6.45, 7) is 2.34. The van der Waals surface area contributed by atoms with Crippen molar-refractivity contribution in [3.8, 4) is 0 Å². The lowest BCUT2D eigenvalue weighted by atomic mass is 10.0. The maximum absolute atomic E-state index is 9.75. The summed E-state index contributed by atoms with van der Waals surface area (Å²) in [6, 6.07) is 0. The van der Waals surface area contributed by atoms with Crippen LogP contribution in [0.3, 0.4) is 0 Å². The smallest absolute Gasteiger partial charge is 0.102 e. The van der Waals surface area contributed by atoms with E-state index >= 15 is 0 Å². The van der Waals surface area contributed by atoms with Crippen LogP contribution in [-0.4, -0.2) is 37.0 Å². The van der Waals surface area contributed by atoms with Crippen molar-refractivity contribution in [2.75, 3.05) is 26.3 Å². The van der Waals surface area contributed by atoms with E-state index in [4.69, 9.17) is 16.3 Å².